The molecule has 0 aliphatic heterocycles. The normalized spacial score (nSPS) is 18.7. The van der Waals surface area contributed by atoms with Crippen LogP contribution >= 0.6 is 0 Å². The monoisotopic (exact) mass is 464 g/mol. The van der Waals surface area contributed by atoms with Gasteiger partial charge in [0.15, 0.2) is 0 Å². The number of unbranched alkanes of at least 4 members (excludes halogenated alkanes) is 1. The van der Waals surface area contributed by atoms with E-state index in [0.717, 1.165) is 19.3 Å². The summed E-state index contributed by atoms with van der Waals surface area (Å²) in [5.74, 6) is -0.856. The SMILES string of the molecule is O=C(O)CCCCNC(=O)C1CCCC1CNC(=O)OCC1c2ccccc2-c2ccccc21. The topological polar surface area (TPSA) is 105 Å². The molecule has 1 fully saturated rings. The molecule has 1 saturated carbocycles. The van der Waals surface area contributed by atoms with Crippen molar-refractivity contribution in [3.63, 3.8) is 0 Å². The first-order valence-corrected chi connectivity index (χ1v) is 12.1. The van der Waals surface area contributed by atoms with Crippen LogP contribution in [0.25, 0.3) is 11.1 Å². The van der Waals surface area contributed by atoms with Crippen LogP contribution in [0.15, 0.2) is 48.5 Å². The number of alkyl carbamates (subject to hydrolysis) is 1. The molecular formula is C27H32N2O5. The van der Waals surface area contributed by atoms with Crippen molar-refractivity contribution in [3.8, 4) is 11.1 Å². The molecule has 2 amide bonds. The lowest BCUT2D eigenvalue weighted by molar-refractivity contribution is -0.137. The summed E-state index contributed by atoms with van der Waals surface area (Å²) >= 11 is 0. The lowest BCUT2D eigenvalue weighted by Crippen LogP contribution is -2.38. The fourth-order valence-electron chi connectivity index (χ4n) is 5.23. The van der Waals surface area contributed by atoms with Crippen LogP contribution in [0, 0.1) is 11.8 Å². The minimum absolute atomic E-state index is 0.00726. The lowest BCUT2D eigenvalue weighted by Gasteiger charge is -2.20. The molecule has 34 heavy (non-hydrogen) atoms. The van der Waals surface area contributed by atoms with Crippen molar-refractivity contribution in [3.05, 3.63) is 59.7 Å². The molecule has 2 aromatic rings. The molecule has 0 heterocycles. The van der Waals surface area contributed by atoms with Gasteiger partial charge in [-0.1, -0.05) is 55.0 Å². The average Bonchev–Trinajstić information content (AvgIpc) is 3.44. The number of rotatable bonds is 10. The van der Waals surface area contributed by atoms with E-state index in [1.165, 1.54) is 22.3 Å². The molecule has 180 valence electrons. The van der Waals surface area contributed by atoms with E-state index in [9.17, 15) is 14.4 Å². The van der Waals surface area contributed by atoms with Gasteiger partial charge in [-0.2, -0.15) is 0 Å². The standard InChI is InChI=1S/C27H32N2O5/c30-25(31)14-5-6-15-28-26(32)19-13-7-8-18(19)16-29-27(33)34-17-24-22-11-3-1-9-20(22)21-10-2-4-12-23(21)24/h1-4,9-12,18-19,24H,5-8,13-17H2,(H,28,32)(H,29,33)(H,30,31). The quantitative estimate of drug-likeness (QED) is 0.455. The number of carboxylic acid groups (broad SMARTS) is 1. The van der Waals surface area contributed by atoms with Crippen LogP contribution in [-0.2, 0) is 14.3 Å². The highest BCUT2D eigenvalue weighted by Crippen LogP contribution is 2.44. The van der Waals surface area contributed by atoms with E-state index in [2.05, 4.69) is 34.9 Å². The van der Waals surface area contributed by atoms with Gasteiger partial charge in [-0.25, -0.2) is 4.79 Å². The molecule has 0 spiro atoms. The maximum Gasteiger partial charge on any atom is 0.407 e. The van der Waals surface area contributed by atoms with Crippen molar-refractivity contribution in [2.45, 2.75) is 44.4 Å². The van der Waals surface area contributed by atoms with Gasteiger partial charge in [0.2, 0.25) is 5.91 Å². The fraction of sp³-hybridized carbons (Fsp3) is 0.444. The number of hydrogen-bond acceptors (Lipinski definition) is 4. The first-order chi connectivity index (χ1) is 16.5. The number of fused-ring (bicyclic) bond motifs is 3. The maximum atomic E-state index is 12.6. The van der Waals surface area contributed by atoms with E-state index in [4.69, 9.17) is 9.84 Å². The number of ether oxygens (including phenoxy) is 1. The predicted octanol–water partition coefficient (Wildman–Crippen LogP) is 4.31. The molecule has 7 nitrogen and oxygen atoms in total. The Labute approximate surface area is 199 Å². The Kier molecular flexibility index (Phi) is 7.83. The molecule has 7 heteroatoms. The lowest BCUT2D eigenvalue weighted by atomic mass is 9.95. The number of aliphatic carboxylic acids is 1. The molecule has 2 aliphatic carbocycles. The number of amides is 2. The van der Waals surface area contributed by atoms with Crippen LogP contribution in [0.1, 0.15) is 55.6 Å². The van der Waals surface area contributed by atoms with E-state index in [-0.39, 0.29) is 36.7 Å². The van der Waals surface area contributed by atoms with Crippen molar-refractivity contribution in [1.29, 1.82) is 0 Å². The van der Waals surface area contributed by atoms with Crippen LogP contribution in [0.4, 0.5) is 4.79 Å². The van der Waals surface area contributed by atoms with E-state index < -0.39 is 12.1 Å². The molecule has 0 aromatic heterocycles. The second-order valence-corrected chi connectivity index (χ2v) is 9.15. The number of nitrogens with one attached hydrogen (secondary N) is 2. The Morgan fingerprint density at radius 2 is 1.59 bits per heavy atom. The maximum absolute atomic E-state index is 12.6. The Morgan fingerprint density at radius 1 is 0.912 bits per heavy atom. The van der Waals surface area contributed by atoms with Gasteiger partial charge in [-0.15, -0.1) is 0 Å². The summed E-state index contributed by atoms with van der Waals surface area (Å²) in [6.45, 7) is 1.16. The van der Waals surface area contributed by atoms with E-state index in [1.807, 2.05) is 24.3 Å². The zero-order valence-electron chi connectivity index (χ0n) is 19.3. The minimum Gasteiger partial charge on any atom is -0.481 e. The first-order valence-electron chi connectivity index (χ1n) is 12.1. The van der Waals surface area contributed by atoms with Crippen LogP contribution < -0.4 is 10.6 Å². The zero-order valence-corrected chi connectivity index (χ0v) is 19.3. The zero-order chi connectivity index (χ0) is 23.9. The van der Waals surface area contributed by atoms with Crippen molar-refractivity contribution < 1.29 is 24.2 Å². The van der Waals surface area contributed by atoms with Crippen LogP contribution in [0.2, 0.25) is 0 Å². The third kappa shape index (κ3) is 5.58. The third-order valence-electron chi connectivity index (χ3n) is 6.96. The van der Waals surface area contributed by atoms with E-state index >= 15 is 0 Å². The smallest absolute Gasteiger partial charge is 0.407 e. The number of carboxylic acids is 1. The highest BCUT2D eigenvalue weighted by molar-refractivity contribution is 5.80. The van der Waals surface area contributed by atoms with Crippen LogP contribution in [0.5, 0.6) is 0 Å². The second kappa shape index (κ2) is 11.2. The number of carbonyl (C=O) groups excluding carboxylic acids is 2. The molecule has 2 aliphatic rings. The van der Waals surface area contributed by atoms with Gasteiger partial charge < -0.3 is 20.5 Å². The molecular weight excluding hydrogens is 432 g/mol. The van der Waals surface area contributed by atoms with E-state index in [0.29, 0.717) is 25.9 Å². The third-order valence-corrected chi connectivity index (χ3v) is 6.96. The molecule has 2 aromatic carbocycles. The van der Waals surface area contributed by atoms with Crippen molar-refractivity contribution >= 4 is 18.0 Å². The summed E-state index contributed by atoms with van der Waals surface area (Å²) in [7, 11) is 0. The van der Waals surface area contributed by atoms with E-state index in [1.54, 1.807) is 0 Å². The van der Waals surface area contributed by atoms with Gasteiger partial charge in [0.1, 0.15) is 6.61 Å². The fourth-order valence-corrected chi connectivity index (χ4v) is 5.23. The summed E-state index contributed by atoms with van der Waals surface area (Å²) in [5.41, 5.74) is 4.73. The molecule has 0 radical (unpaired) electrons. The van der Waals surface area contributed by atoms with Crippen molar-refractivity contribution in [1.82, 2.24) is 10.6 Å². The molecule has 2 unspecified atom stereocenters. The van der Waals surface area contributed by atoms with Crippen LogP contribution in [0.3, 0.4) is 0 Å². The van der Waals surface area contributed by atoms with Gasteiger partial charge in [-0.3, -0.25) is 9.59 Å². The Morgan fingerprint density at radius 3 is 2.26 bits per heavy atom. The van der Waals surface area contributed by atoms with Crippen molar-refractivity contribution in [2.75, 3.05) is 19.7 Å². The predicted molar refractivity (Wildman–Crippen MR) is 128 cm³/mol. The number of hydrogen-bond donors (Lipinski definition) is 3. The van der Waals surface area contributed by atoms with Gasteiger partial charge >= 0.3 is 12.1 Å². The number of benzene rings is 2. The highest BCUT2D eigenvalue weighted by atomic mass is 16.5. The van der Waals surface area contributed by atoms with Gasteiger partial charge in [0.05, 0.1) is 0 Å². The highest BCUT2D eigenvalue weighted by Gasteiger charge is 2.33. The summed E-state index contributed by atoms with van der Waals surface area (Å²) in [6, 6.07) is 16.4. The molecule has 2 atom stereocenters. The average molecular weight is 465 g/mol. The summed E-state index contributed by atoms with van der Waals surface area (Å²) in [6.07, 6.45) is 3.50. The summed E-state index contributed by atoms with van der Waals surface area (Å²) in [5, 5.41) is 14.5. The molecule has 0 saturated heterocycles. The first kappa shape index (κ1) is 23.8. The van der Waals surface area contributed by atoms with Gasteiger partial charge in [0.25, 0.3) is 0 Å². The molecule has 4 rings (SSSR count). The minimum atomic E-state index is -0.818. The molecule has 3 N–H and O–H groups in total. The Bertz CT molecular complexity index is 992. The van der Waals surface area contributed by atoms with Crippen LogP contribution in [-0.4, -0.2) is 42.8 Å². The van der Waals surface area contributed by atoms with Gasteiger partial charge in [-0.05, 0) is 53.9 Å². The molecule has 0 bridgehead atoms. The largest absolute Gasteiger partial charge is 0.481 e. The second-order valence-electron chi connectivity index (χ2n) is 9.15. The number of carbonyl (C=O) groups is 3. The van der Waals surface area contributed by atoms with Gasteiger partial charge in [0, 0.05) is 31.3 Å². The summed E-state index contributed by atoms with van der Waals surface area (Å²) in [4.78, 5) is 35.6. The van der Waals surface area contributed by atoms with Crippen molar-refractivity contribution in [2.24, 2.45) is 11.8 Å². The summed E-state index contributed by atoms with van der Waals surface area (Å²) < 4.78 is 5.61. The Hall–Kier alpha value is -3.35. The Balaban J connectivity index is 1.23.